The normalized spacial score (nSPS) is 10.7. The number of amides is 1. The maximum Gasteiger partial charge on any atom is 0.233 e. The minimum atomic E-state index is 0.00365. The Balaban J connectivity index is 1.67. The summed E-state index contributed by atoms with van der Waals surface area (Å²) in [6.07, 6.45) is 1.73. The van der Waals surface area contributed by atoms with E-state index in [1.54, 1.807) is 39.1 Å². The van der Waals surface area contributed by atoms with Gasteiger partial charge in [-0.3, -0.25) is 4.79 Å². The summed E-state index contributed by atoms with van der Waals surface area (Å²) in [6.45, 7) is 4.81. The smallest absolute Gasteiger partial charge is 0.233 e. The van der Waals surface area contributed by atoms with Gasteiger partial charge in [-0.25, -0.2) is 0 Å². The molecule has 134 valence electrons. The lowest BCUT2D eigenvalue weighted by Crippen LogP contribution is -2.31. The van der Waals surface area contributed by atoms with Crippen molar-refractivity contribution in [2.24, 2.45) is 0 Å². The van der Waals surface area contributed by atoms with Gasteiger partial charge in [-0.1, -0.05) is 41.6 Å². The first-order chi connectivity index (χ1) is 12.7. The Kier molecular flexibility index (Phi) is 6.43. The molecule has 26 heavy (non-hydrogen) atoms. The second kappa shape index (κ2) is 8.98. The van der Waals surface area contributed by atoms with Gasteiger partial charge >= 0.3 is 0 Å². The SMILES string of the molecule is C=CCN(Cc1cccs1)C(=O)CSc1nnnn1-c1cccc(Cl)c1. The van der Waals surface area contributed by atoms with E-state index in [0.717, 1.165) is 10.6 Å². The second-order valence-corrected chi connectivity index (χ2v) is 7.70. The summed E-state index contributed by atoms with van der Waals surface area (Å²) in [5.41, 5.74) is 0.749. The van der Waals surface area contributed by atoms with Crippen molar-refractivity contribution in [1.82, 2.24) is 25.1 Å². The molecule has 0 unspecified atom stereocenters. The Labute approximate surface area is 164 Å². The summed E-state index contributed by atoms with van der Waals surface area (Å²) >= 11 is 8.95. The van der Waals surface area contributed by atoms with Gasteiger partial charge in [0, 0.05) is 16.4 Å². The lowest BCUT2D eigenvalue weighted by Gasteiger charge is -2.20. The van der Waals surface area contributed by atoms with Crippen LogP contribution in [-0.4, -0.2) is 43.3 Å². The van der Waals surface area contributed by atoms with E-state index in [2.05, 4.69) is 22.1 Å². The topological polar surface area (TPSA) is 63.9 Å². The van der Waals surface area contributed by atoms with Gasteiger partial charge in [0.05, 0.1) is 18.0 Å². The molecule has 0 atom stereocenters. The van der Waals surface area contributed by atoms with Gasteiger partial charge in [0.25, 0.3) is 0 Å². The number of rotatable bonds is 8. The maximum absolute atomic E-state index is 12.6. The summed E-state index contributed by atoms with van der Waals surface area (Å²) in [4.78, 5) is 15.5. The first kappa shape index (κ1) is 18.6. The zero-order valence-corrected chi connectivity index (χ0v) is 16.2. The third-order valence-electron chi connectivity index (χ3n) is 3.45. The quantitative estimate of drug-likeness (QED) is 0.422. The molecule has 0 aliphatic heterocycles. The van der Waals surface area contributed by atoms with Crippen LogP contribution in [0, 0.1) is 0 Å². The summed E-state index contributed by atoms with van der Waals surface area (Å²) in [5, 5.41) is 14.8. The lowest BCUT2D eigenvalue weighted by molar-refractivity contribution is -0.128. The minimum absolute atomic E-state index is 0.00365. The Bertz CT molecular complexity index is 881. The number of carbonyl (C=O) groups is 1. The van der Waals surface area contributed by atoms with Gasteiger partial charge < -0.3 is 4.90 Å². The molecule has 0 saturated carbocycles. The van der Waals surface area contributed by atoms with E-state index < -0.39 is 0 Å². The fourth-order valence-electron chi connectivity index (χ4n) is 2.26. The van der Waals surface area contributed by atoms with Crippen molar-refractivity contribution in [1.29, 1.82) is 0 Å². The third kappa shape index (κ3) is 4.72. The van der Waals surface area contributed by atoms with E-state index in [-0.39, 0.29) is 11.7 Å². The molecule has 1 aromatic carbocycles. The molecule has 3 rings (SSSR count). The van der Waals surface area contributed by atoms with Crippen LogP contribution in [0.4, 0.5) is 0 Å². The molecule has 0 spiro atoms. The molecule has 9 heteroatoms. The third-order valence-corrected chi connectivity index (χ3v) is 5.45. The molecule has 0 radical (unpaired) electrons. The van der Waals surface area contributed by atoms with Crippen LogP contribution in [0.5, 0.6) is 0 Å². The van der Waals surface area contributed by atoms with Crippen LogP contribution < -0.4 is 0 Å². The van der Waals surface area contributed by atoms with Crippen molar-refractivity contribution >= 4 is 40.6 Å². The minimum Gasteiger partial charge on any atom is -0.333 e. The molecule has 0 bridgehead atoms. The van der Waals surface area contributed by atoms with Crippen LogP contribution >= 0.6 is 34.7 Å². The van der Waals surface area contributed by atoms with Gasteiger partial charge in [0.1, 0.15) is 0 Å². The lowest BCUT2D eigenvalue weighted by atomic mass is 10.3. The molecule has 0 N–H and O–H groups in total. The predicted octanol–water partition coefficient (Wildman–Crippen LogP) is 3.68. The van der Waals surface area contributed by atoms with Crippen LogP contribution in [-0.2, 0) is 11.3 Å². The fraction of sp³-hybridized carbons (Fsp3) is 0.176. The van der Waals surface area contributed by atoms with Crippen molar-refractivity contribution in [2.45, 2.75) is 11.7 Å². The molecular formula is C17H16ClN5OS2. The predicted molar refractivity (Wildman–Crippen MR) is 105 cm³/mol. The number of nitrogens with zero attached hydrogens (tertiary/aromatic N) is 5. The van der Waals surface area contributed by atoms with Crippen LogP contribution in [0.3, 0.4) is 0 Å². The molecular weight excluding hydrogens is 390 g/mol. The van der Waals surface area contributed by atoms with Gasteiger partial charge in [-0.15, -0.1) is 23.0 Å². The van der Waals surface area contributed by atoms with Crippen LogP contribution in [0.15, 0.2) is 59.6 Å². The van der Waals surface area contributed by atoms with Crippen LogP contribution in [0.1, 0.15) is 4.88 Å². The summed E-state index contributed by atoms with van der Waals surface area (Å²) in [6, 6.07) is 11.2. The van der Waals surface area contributed by atoms with Crippen molar-refractivity contribution in [3.63, 3.8) is 0 Å². The Morgan fingerprint density at radius 2 is 2.27 bits per heavy atom. The number of hydrogen-bond donors (Lipinski definition) is 0. The molecule has 0 saturated heterocycles. The monoisotopic (exact) mass is 405 g/mol. The van der Waals surface area contributed by atoms with E-state index >= 15 is 0 Å². The van der Waals surface area contributed by atoms with E-state index in [1.165, 1.54) is 11.8 Å². The number of halogens is 1. The summed E-state index contributed by atoms with van der Waals surface area (Å²) < 4.78 is 1.57. The summed E-state index contributed by atoms with van der Waals surface area (Å²) in [5.74, 6) is 0.240. The average Bonchev–Trinajstić information content (AvgIpc) is 3.31. The second-order valence-electron chi connectivity index (χ2n) is 5.28. The number of benzene rings is 1. The van der Waals surface area contributed by atoms with Crippen molar-refractivity contribution in [3.05, 3.63) is 64.3 Å². The first-order valence-corrected chi connectivity index (χ1v) is 10.00. The molecule has 0 aliphatic rings. The molecule has 1 amide bonds. The number of aromatic nitrogens is 4. The standard InChI is InChI=1S/C17H16ClN5OS2/c1-2-8-22(11-15-7-4-9-25-15)16(24)12-26-17-19-20-21-23(17)14-6-3-5-13(18)10-14/h2-7,9-10H,1,8,11-12H2. The zero-order valence-electron chi connectivity index (χ0n) is 13.8. The van der Waals surface area contributed by atoms with E-state index in [9.17, 15) is 4.79 Å². The maximum atomic E-state index is 12.6. The highest BCUT2D eigenvalue weighted by atomic mass is 35.5. The van der Waals surface area contributed by atoms with Crippen LogP contribution in [0.25, 0.3) is 5.69 Å². The number of tetrazole rings is 1. The van der Waals surface area contributed by atoms with Gasteiger partial charge in [-0.2, -0.15) is 4.68 Å². The highest BCUT2D eigenvalue weighted by Crippen LogP contribution is 2.21. The van der Waals surface area contributed by atoms with E-state index in [1.807, 2.05) is 29.6 Å². The molecule has 2 aromatic heterocycles. The molecule has 2 heterocycles. The Morgan fingerprint density at radius 1 is 1.38 bits per heavy atom. The number of carbonyl (C=O) groups excluding carboxylic acids is 1. The molecule has 0 fully saturated rings. The van der Waals surface area contributed by atoms with Gasteiger partial charge in [0.15, 0.2) is 0 Å². The molecule has 0 aliphatic carbocycles. The average molecular weight is 406 g/mol. The largest absolute Gasteiger partial charge is 0.333 e. The number of hydrogen-bond acceptors (Lipinski definition) is 6. The molecule has 3 aromatic rings. The van der Waals surface area contributed by atoms with Crippen LogP contribution in [0.2, 0.25) is 5.02 Å². The van der Waals surface area contributed by atoms with E-state index in [4.69, 9.17) is 11.6 Å². The van der Waals surface area contributed by atoms with Crippen molar-refractivity contribution in [3.8, 4) is 5.69 Å². The Hall–Kier alpha value is -2.16. The molecule has 6 nitrogen and oxygen atoms in total. The number of thiophene rings is 1. The van der Waals surface area contributed by atoms with Crippen molar-refractivity contribution in [2.75, 3.05) is 12.3 Å². The van der Waals surface area contributed by atoms with Crippen molar-refractivity contribution < 1.29 is 4.79 Å². The van der Waals surface area contributed by atoms with E-state index in [0.29, 0.717) is 23.3 Å². The summed E-state index contributed by atoms with van der Waals surface area (Å²) in [7, 11) is 0. The first-order valence-electron chi connectivity index (χ1n) is 7.75. The highest BCUT2D eigenvalue weighted by Gasteiger charge is 2.16. The fourth-order valence-corrected chi connectivity index (χ4v) is 3.96. The zero-order chi connectivity index (χ0) is 18.4. The highest BCUT2D eigenvalue weighted by molar-refractivity contribution is 7.99. The number of thioether (sulfide) groups is 1. The van der Waals surface area contributed by atoms with Gasteiger partial charge in [-0.05, 0) is 40.1 Å². The van der Waals surface area contributed by atoms with Gasteiger partial charge in [0.2, 0.25) is 11.1 Å². The Morgan fingerprint density at radius 3 is 3.00 bits per heavy atom.